The number of hydrogen-bond acceptors (Lipinski definition) is 3. The summed E-state index contributed by atoms with van der Waals surface area (Å²) < 4.78 is 45.9. The van der Waals surface area contributed by atoms with Crippen molar-refractivity contribution in [1.82, 2.24) is 4.90 Å². The zero-order valence-electron chi connectivity index (χ0n) is 18.7. The molecule has 0 N–H and O–H groups in total. The topological polar surface area (TPSA) is 15.7 Å². The van der Waals surface area contributed by atoms with Gasteiger partial charge in [-0.25, -0.2) is 0 Å². The van der Waals surface area contributed by atoms with Gasteiger partial charge >= 0.3 is 6.18 Å². The van der Waals surface area contributed by atoms with Crippen molar-refractivity contribution in [3.63, 3.8) is 0 Å². The van der Waals surface area contributed by atoms with E-state index in [2.05, 4.69) is 41.0 Å². The first-order valence-corrected chi connectivity index (χ1v) is 11.1. The number of nitrogens with zero attached hydrogens (tertiary/aromatic N) is 2. The lowest BCUT2D eigenvalue weighted by atomic mass is 9.80. The summed E-state index contributed by atoms with van der Waals surface area (Å²) in [6, 6.07) is 14.0. The highest BCUT2D eigenvalue weighted by atomic mass is 19.4. The average Bonchev–Trinajstić information content (AvgIpc) is 2.76. The standard InChI is InChI=1S/C25H33F3N2O/c1-4-5-15-30-16-14-22(19-10-12-21(13-11-19)29(2)3)20(17-30)18-31-24-9-7-6-8-23(24)25(26,27)28/h6-13,20,22H,4-5,14-18H2,1-3H3/t20-,22-/m1/s1. The normalized spacial score (nSPS) is 19.9. The van der Waals surface area contributed by atoms with Gasteiger partial charge in [0.25, 0.3) is 0 Å². The molecule has 1 heterocycles. The second kappa shape index (κ2) is 10.4. The Bertz CT molecular complexity index is 820. The van der Waals surface area contributed by atoms with Crippen molar-refractivity contribution in [3.8, 4) is 5.75 Å². The summed E-state index contributed by atoms with van der Waals surface area (Å²) in [5.74, 6) is 0.326. The minimum atomic E-state index is -4.42. The highest BCUT2D eigenvalue weighted by molar-refractivity contribution is 5.46. The Labute approximate surface area is 183 Å². The Morgan fingerprint density at radius 1 is 1.06 bits per heavy atom. The molecule has 0 saturated carbocycles. The third-order valence-corrected chi connectivity index (χ3v) is 6.13. The zero-order valence-corrected chi connectivity index (χ0v) is 18.7. The van der Waals surface area contributed by atoms with E-state index in [0.717, 1.165) is 50.7 Å². The van der Waals surface area contributed by atoms with Crippen LogP contribution in [0.1, 0.15) is 43.2 Å². The fourth-order valence-electron chi connectivity index (χ4n) is 4.34. The van der Waals surface area contributed by atoms with Crippen LogP contribution in [-0.4, -0.2) is 45.2 Å². The number of piperidine rings is 1. The second-order valence-corrected chi connectivity index (χ2v) is 8.60. The smallest absolute Gasteiger partial charge is 0.419 e. The fraction of sp³-hybridized carbons (Fsp3) is 0.520. The van der Waals surface area contributed by atoms with Crippen molar-refractivity contribution < 1.29 is 17.9 Å². The number of ether oxygens (including phenoxy) is 1. The van der Waals surface area contributed by atoms with Gasteiger partial charge in [-0.15, -0.1) is 0 Å². The Hall–Kier alpha value is -2.21. The largest absolute Gasteiger partial charge is 0.493 e. The van der Waals surface area contributed by atoms with Crippen LogP contribution < -0.4 is 9.64 Å². The van der Waals surface area contributed by atoms with Crippen molar-refractivity contribution in [1.29, 1.82) is 0 Å². The molecule has 2 atom stereocenters. The van der Waals surface area contributed by atoms with Gasteiger partial charge in [0.2, 0.25) is 0 Å². The lowest BCUT2D eigenvalue weighted by Crippen LogP contribution is -2.42. The van der Waals surface area contributed by atoms with Crippen LogP contribution in [0, 0.1) is 5.92 Å². The maximum absolute atomic E-state index is 13.4. The number of hydrogen-bond donors (Lipinski definition) is 0. The number of halogens is 3. The van der Waals surface area contributed by atoms with Crippen LogP contribution in [-0.2, 0) is 6.18 Å². The Morgan fingerprint density at radius 3 is 2.42 bits per heavy atom. The molecule has 1 fully saturated rings. The first kappa shape index (κ1) is 23.5. The lowest BCUT2D eigenvalue weighted by Gasteiger charge is -2.39. The summed E-state index contributed by atoms with van der Waals surface area (Å²) >= 11 is 0. The van der Waals surface area contributed by atoms with E-state index in [1.54, 1.807) is 6.07 Å². The zero-order chi connectivity index (χ0) is 22.4. The first-order valence-electron chi connectivity index (χ1n) is 11.1. The van der Waals surface area contributed by atoms with Gasteiger partial charge in [0.05, 0.1) is 12.2 Å². The van der Waals surface area contributed by atoms with Crippen LogP contribution in [0.25, 0.3) is 0 Å². The molecule has 0 aliphatic carbocycles. The summed E-state index contributed by atoms with van der Waals surface area (Å²) in [5, 5.41) is 0. The fourth-order valence-corrected chi connectivity index (χ4v) is 4.34. The molecule has 2 aromatic carbocycles. The number of benzene rings is 2. The van der Waals surface area contributed by atoms with Crippen molar-refractivity contribution in [2.24, 2.45) is 5.92 Å². The summed E-state index contributed by atoms with van der Waals surface area (Å²) in [6.45, 7) is 5.33. The van der Waals surface area contributed by atoms with E-state index >= 15 is 0 Å². The number of alkyl halides is 3. The molecule has 0 unspecified atom stereocenters. The molecule has 3 nitrogen and oxygen atoms in total. The van der Waals surface area contributed by atoms with Crippen LogP contribution in [0.2, 0.25) is 0 Å². The van der Waals surface area contributed by atoms with Gasteiger partial charge in [0.1, 0.15) is 5.75 Å². The van der Waals surface area contributed by atoms with Crippen molar-refractivity contribution in [3.05, 3.63) is 59.7 Å². The van der Waals surface area contributed by atoms with Gasteiger partial charge in [0, 0.05) is 32.2 Å². The third kappa shape index (κ3) is 6.16. The minimum absolute atomic E-state index is 0.0811. The summed E-state index contributed by atoms with van der Waals surface area (Å²) in [7, 11) is 4.02. The molecule has 1 aliphatic heterocycles. The van der Waals surface area contributed by atoms with Crippen LogP contribution in [0.3, 0.4) is 0 Å². The van der Waals surface area contributed by atoms with E-state index in [-0.39, 0.29) is 24.2 Å². The minimum Gasteiger partial charge on any atom is -0.493 e. The molecular weight excluding hydrogens is 401 g/mol. The van der Waals surface area contributed by atoms with Crippen LogP contribution in [0.15, 0.2) is 48.5 Å². The predicted octanol–water partition coefficient (Wildman–Crippen LogP) is 6.06. The van der Waals surface area contributed by atoms with Crippen molar-refractivity contribution >= 4 is 5.69 Å². The number of rotatable bonds is 8. The maximum atomic E-state index is 13.4. The van der Waals surface area contributed by atoms with Gasteiger partial charge in [-0.3, -0.25) is 0 Å². The summed E-state index contributed by atoms with van der Waals surface area (Å²) in [5.41, 5.74) is 1.66. The number of likely N-dealkylation sites (tertiary alicyclic amines) is 1. The van der Waals surface area contributed by atoms with E-state index in [1.165, 1.54) is 17.7 Å². The van der Waals surface area contributed by atoms with Crippen molar-refractivity contribution in [2.75, 3.05) is 45.2 Å². The molecule has 0 aromatic heterocycles. The van der Waals surface area contributed by atoms with Crippen molar-refractivity contribution in [2.45, 2.75) is 38.3 Å². The van der Waals surface area contributed by atoms with Gasteiger partial charge < -0.3 is 14.5 Å². The summed E-state index contributed by atoms with van der Waals surface area (Å²) in [6.07, 6.45) is -1.17. The molecule has 6 heteroatoms. The molecule has 170 valence electrons. The molecule has 0 bridgehead atoms. The Morgan fingerprint density at radius 2 is 1.77 bits per heavy atom. The number of unbranched alkanes of at least 4 members (excludes halogenated alkanes) is 1. The molecule has 31 heavy (non-hydrogen) atoms. The monoisotopic (exact) mass is 434 g/mol. The van der Waals surface area contributed by atoms with E-state index < -0.39 is 11.7 Å². The van der Waals surface area contributed by atoms with E-state index in [4.69, 9.17) is 4.74 Å². The number of anilines is 1. The Balaban J connectivity index is 1.78. The number of para-hydroxylation sites is 1. The van der Waals surface area contributed by atoms with Gasteiger partial charge in [-0.2, -0.15) is 13.2 Å². The van der Waals surface area contributed by atoms with E-state index in [9.17, 15) is 13.2 Å². The summed E-state index contributed by atoms with van der Waals surface area (Å²) in [4.78, 5) is 4.49. The SMILES string of the molecule is CCCCN1CC[C@H](c2ccc(N(C)C)cc2)[C@@H](COc2ccccc2C(F)(F)F)C1. The lowest BCUT2D eigenvalue weighted by molar-refractivity contribution is -0.139. The predicted molar refractivity (Wildman–Crippen MR) is 120 cm³/mol. The van der Waals surface area contributed by atoms with Gasteiger partial charge in [-0.1, -0.05) is 37.6 Å². The second-order valence-electron chi connectivity index (χ2n) is 8.60. The van der Waals surface area contributed by atoms with E-state index in [0.29, 0.717) is 0 Å². The first-order chi connectivity index (χ1) is 14.8. The molecule has 1 aliphatic rings. The molecule has 1 saturated heterocycles. The molecule has 0 radical (unpaired) electrons. The van der Waals surface area contributed by atoms with E-state index in [1.807, 2.05) is 14.1 Å². The molecular formula is C25H33F3N2O. The van der Waals surface area contributed by atoms with Gasteiger partial charge in [-0.05, 0) is 61.7 Å². The highest BCUT2D eigenvalue weighted by Crippen LogP contribution is 2.38. The Kier molecular flexibility index (Phi) is 7.87. The maximum Gasteiger partial charge on any atom is 0.419 e. The van der Waals surface area contributed by atoms with Crippen LogP contribution in [0.5, 0.6) is 5.75 Å². The molecule has 2 aromatic rings. The van der Waals surface area contributed by atoms with Gasteiger partial charge in [0.15, 0.2) is 0 Å². The molecule has 3 rings (SSSR count). The third-order valence-electron chi connectivity index (χ3n) is 6.13. The molecule has 0 spiro atoms. The van der Waals surface area contributed by atoms with Crippen LogP contribution in [0.4, 0.5) is 18.9 Å². The van der Waals surface area contributed by atoms with Crippen LogP contribution >= 0.6 is 0 Å². The average molecular weight is 435 g/mol. The highest BCUT2D eigenvalue weighted by Gasteiger charge is 2.35. The molecule has 0 amide bonds. The quantitative estimate of drug-likeness (QED) is 0.503.